The summed E-state index contributed by atoms with van der Waals surface area (Å²) in [5.74, 6) is -1.33. The molecular formula is C15H14N2O4. The highest BCUT2D eigenvalue weighted by molar-refractivity contribution is 5.93. The Hall–Kier alpha value is -2.89. The zero-order valence-corrected chi connectivity index (χ0v) is 11.6. The Morgan fingerprint density at radius 1 is 1.19 bits per heavy atom. The maximum Gasteiger partial charge on any atom is 0.342 e. The van der Waals surface area contributed by atoms with Crippen molar-refractivity contribution in [3.8, 4) is 0 Å². The van der Waals surface area contributed by atoms with Gasteiger partial charge in [0.2, 0.25) is 0 Å². The Morgan fingerprint density at radius 3 is 2.48 bits per heavy atom. The second kappa shape index (κ2) is 5.62. The summed E-state index contributed by atoms with van der Waals surface area (Å²) in [4.78, 5) is 21.2. The molecule has 0 aliphatic heterocycles. The zero-order valence-electron chi connectivity index (χ0n) is 11.6. The van der Waals surface area contributed by atoms with Crippen molar-refractivity contribution in [1.29, 1.82) is 0 Å². The third-order valence-electron chi connectivity index (χ3n) is 3.08. The lowest BCUT2D eigenvalue weighted by atomic mass is 10.1. The highest BCUT2D eigenvalue weighted by Gasteiger charge is 2.20. The maximum absolute atomic E-state index is 11.1. The molecule has 2 aromatic carbocycles. The largest absolute Gasteiger partial charge is 0.477 e. The maximum atomic E-state index is 11.1. The summed E-state index contributed by atoms with van der Waals surface area (Å²) < 4.78 is 0. The molecule has 0 saturated carbocycles. The number of anilines is 2. The number of aryl methyl sites for hydroxylation is 2. The van der Waals surface area contributed by atoms with Crippen LogP contribution in [-0.2, 0) is 0 Å². The summed E-state index contributed by atoms with van der Waals surface area (Å²) in [7, 11) is 0. The average Bonchev–Trinajstić information content (AvgIpc) is 2.41. The smallest absolute Gasteiger partial charge is 0.342 e. The molecule has 21 heavy (non-hydrogen) atoms. The van der Waals surface area contributed by atoms with Crippen LogP contribution in [0.15, 0.2) is 36.4 Å². The van der Waals surface area contributed by atoms with E-state index in [2.05, 4.69) is 5.32 Å². The molecule has 0 bridgehead atoms. The van der Waals surface area contributed by atoms with Crippen molar-refractivity contribution >= 4 is 23.0 Å². The molecule has 0 unspecified atom stereocenters. The van der Waals surface area contributed by atoms with Gasteiger partial charge < -0.3 is 10.4 Å². The normalized spacial score (nSPS) is 10.2. The van der Waals surface area contributed by atoms with E-state index in [0.29, 0.717) is 5.69 Å². The minimum absolute atomic E-state index is 0.338. The van der Waals surface area contributed by atoms with Crippen LogP contribution in [0.2, 0.25) is 0 Å². The van der Waals surface area contributed by atoms with Crippen LogP contribution in [0.4, 0.5) is 17.1 Å². The van der Waals surface area contributed by atoms with E-state index in [1.807, 2.05) is 32.0 Å². The molecule has 2 aromatic rings. The molecule has 0 heterocycles. The van der Waals surface area contributed by atoms with Gasteiger partial charge in [-0.2, -0.15) is 0 Å². The highest BCUT2D eigenvalue weighted by Crippen LogP contribution is 2.26. The minimum atomic E-state index is -1.33. The topological polar surface area (TPSA) is 92.5 Å². The summed E-state index contributed by atoms with van der Waals surface area (Å²) in [5, 5.41) is 22.9. The Morgan fingerprint density at radius 2 is 1.90 bits per heavy atom. The number of benzene rings is 2. The van der Waals surface area contributed by atoms with Crippen LogP contribution < -0.4 is 5.32 Å². The van der Waals surface area contributed by atoms with Crippen LogP contribution in [0.25, 0.3) is 0 Å². The summed E-state index contributed by atoms with van der Waals surface area (Å²) in [5.41, 5.74) is 2.68. The molecule has 2 rings (SSSR count). The van der Waals surface area contributed by atoms with Gasteiger partial charge in [0, 0.05) is 17.4 Å². The molecular weight excluding hydrogens is 272 g/mol. The van der Waals surface area contributed by atoms with E-state index in [1.54, 1.807) is 0 Å². The molecule has 6 heteroatoms. The first-order chi connectivity index (χ1) is 9.88. The summed E-state index contributed by atoms with van der Waals surface area (Å²) in [6.07, 6.45) is 0. The monoisotopic (exact) mass is 286 g/mol. The van der Waals surface area contributed by atoms with Crippen LogP contribution in [0.1, 0.15) is 21.5 Å². The number of aromatic carboxylic acids is 1. The van der Waals surface area contributed by atoms with Crippen molar-refractivity contribution in [2.24, 2.45) is 0 Å². The van der Waals surface area contributed by atoms with Crippen LogP contribution in [-0.4, -0.2) is 16.0 Å². The average molecular weight is 286 g/mol. The Labute approximate surface area is 121 Å². The van der Waals surface area contributed by atoms with Gasteiger partial charge in [0.05, 0.1) is 4.92 Å². The predicted molar refractivity (Wildman–Crippen MR) is 79.3 cm³/mol. The van der Waals surface area contributed by atoms with Gasteiger partial charge in [0.15, 0.2) is 0 Å². The number of nitrogens with zero attached hydrogens (tertiary/aromatic N) is 1. The SMILES string of the molecule is Cc1ccc(Nc2ccc([N+](=O)[O-])c(C(=O)O)c2)c(C)c1. The standard InChI is InChI=1S/C15H14N2O4/c1-9-3-5-13(10(2)7-9)16-11-4-6-14(17(20)21)12(8-11)15(18)19/h3-8,16H,1-2H3,(H,18,19). The molecule has 0 aliphatic carbocycles. The third-order valence-corrected chi connectivity index (χ3v) is 3.08. The van der Waals surface area contributed by atoms with Gasteiger partial charge >= 0.3 is 5.97 Å². The molecule has 0 atom stereocenters. The molecule has 108 valence electrons. The second-order valence-corrected chi connectivity index (χ2v) is 4.74. The van der Waals surface area contributed by atoms with E-state index in [-0.39, 0.29) is 5.56 Å². The fraction of sp³-hybridized carbons (Fsp3) is 0.133. The molecule has 0 aromatic heterocycles. The molecule has 0 spiro atoms. The van der Waals surface area contributed by atoms with Crippen LogP contribution in [0.5, 0.6) is 0 Å². The predicted octanol–water partition coefficient (Wildman–Crippen LogP) is 3.65. The number of rotatable bonds is 4. The van der Waals surface area contributed by atoms with Gasteiger partial charge in [0.25, 0.3) is 5.69 Å². The first-order valence-corrected chi connectivity index (χ1v) is 6.24. The fourth-order valence-corrected chi connectivity index (χ4v) is 2.05. The summed E-state index contributed by atoms with van der Waals surface area (Å²) >= 11 is 0. The third kappa shape index (κ3) is 3.17. The van der Waals surface area contributed by atoms with E-state index in [0.717, 1.165) is 16.8 Å². The molecule has 2 N–H and O–H groups in total. The first-order valence-electron chi connectivity index (χ1n) is 6.24. The highest BCUT2D eigenvalue weighted by atomic mass is 16.6. The Balaban J connectivity index is 2.39. The number of nitro groups is 1. The van der Waals surface area contributed by atoms with E-state index >= 15 is 0 Å². The summed E-state index contributed by atoms with van der Waals surface area (Å²) in [6, 6.07) is 9.75. The number of carboxylic acid groups (broad SMARTS) is 1. The molecule has 6 nitrogen and oxygen atoms in total. The van der Waals surface area contributed by atoms with E-state index in [4.69, 9.17) is 5.11 Å². The minimum Gasteiger partial charge on any atom is -0.477 e. The molecule has 0 saturated heterocycles. The lowest BCUT2D eigenvalue weighted by Crippen LogP contribution is -2.04. The molecule has 0 aliphatic rings. The summed E-state index contributed by atoms with van der Waals surface area (Å²) in [6.45, 7) is 3.91. The van der Waals surface area contributed by atoms with E-state index in [1.165, 1.54) is 18.2 Å². The number of hydrogen-bond acceptors (Lipinski definition) is 4. The van der Waals surface area contributed by atoms with Crippen molar-refractivity contribution in [3.63, 3.8) is 0 Å². The lowest BCUT2D eigenvalue weighted by Gasteiger charge is -2.11. The van der Waals surface area contributed by atoms with Crippen molar-refractivity contribution in [1.82, 2.24) is 0 Å². The molecule has 0 fully saturated rings. The van der Waals surface area contributed by atoms with E-state index < -0.39 is 16.6 Å². The molecule has 0 amide bonds. The molecule has 0 radical (unpaired) electrons. The van der Waals surface area contributed by atoms with Crippen molar-refractivity contribution in [3.05, 3.63) is 63.2 Å². The van der Waals surface area contributed by atoms with Gasteiger partial charge in [-0.05, 0) is 37.6 Å². The van der Waals surface area contributed by atoms with Gasteiger partial charge in [-0.25, -0.2) is 4.79 Å². The fourth-order valence-electron chi connectivity index (χ4n) is 2.05. The Bertz CT molecular complexity index is 726. The van der Waals surface area contributed by atoms with Crippen LogP contribution in [0, 0.1) is 24.0 Å². The van der Waals surface area contributed by atoms with E-state index in [9.17, 15) is 14.9 Å². The zero-order chi connectivity index (χ0) is 15.6. The van der Waals surface area contributed by atoms with Gasteiger partial charge in [-0.15, -0.1) is 0 Å². The Kier molecular flexibility index (Phi) is 3.89. The van der Waals surface area contributed by atoms with Crippen LogP contribution in [0.3, 0.4) is 0 Å². The van der Waals surface area contributed by atoms with Crippen LogP contribution >= 0.6 is 0 Å². The van der Waals surface area contributed by atoms with Gasteiger partial charge in [0.1, 0.15) is 5.56 Å². The number of hydrogen-bond donors (Lipinski definition) is 2. The second-order valence-electron chi connectivity index (χ2n) is 4.74. The first kappa shape index (κ1) is 14.5. The number of nitro benzene ring substituents is 1. The number of carbonyl (C=O) groups is 1. The quantitative estimate of drug-likeness (QED) is 0.661. The lowest BCUT2D eigenvalue weighted by molar-refractivity contribution is -0.385. The van der Waals surface area contributed by atoms with Crippen molar-refractivity contribution in [2.45, 2.75) is 13.8 Å². The van der Waals surface area contributed by atoms with Gasteiger partial charge in [-0.3, -0.25) is 10.1 Å². The van der Waals surface area contributed by atoms with Crippen molar-refractivity contribution < 1.29 is 14.8 Å². The van der Waals surface area contributed by atoms with Gasteiger partial charge in [-0.1, -0.05) is 17.7 Å². The van der Waals surface area contributed by atoms with Crippen molar-refractivity contribution in [2.75, 3.05) is 5.32 Å². The number of nitrogens with one attached hydrogen (secondary N) is 1. The number of carboxylic acids is 1.